The Hall–Kier alpha value is -3.71. The highest BCUT2D eigenvalue weighted by atomic mass is 19.1. The molecule has 1 fully saturated rings. The number of benzene rings is 3. The number of rotatable bonds is 7. The molecule has 0 unspecified atom stereocenters. The molecule has 6 nitrogen and oxygen atoms in total. The highest BCUT2D eigenvalue weighted by Crippen LogP contribution is 2.35. The highest BCUT2D eigenvalue weighted by Gasteiger charge is 2.35. The second-order valence-corrected chi connectivity index (χ2v) is 8.31. The first-order valence-electron chi connectivity index (χ1n) is 11.2. The largest absolute Gasteiger partial charge is 0.497 e. The van der Waals surface area contributed by atoms with E-state index in [1.807, 2.05) is 6.07 Å². The molecule has 0 spiro atoms. The molecule has 1 aliphatic heterocycles. The van der Waals surface area contributed by atoms with Crippen molar-refractivity contribution in [3.05, 3.63) is 95.3 Å². The molecule has 0 atom stereocenters. The number of carbonyl (C=O) groups is 2. The summed E-state index contributed by atoms with van der Waals surface area (Å²) in [5.41, 5.74) is 1.64. The van der Waals surface area contributed by atoms with Gasteiger partial charge in [0, 0.05) is 30.7 Å². The Kier molecular flexibility index (Phi) is 7.23. The lowest BCUT2D eigenvalue weighted by Gasteiger charge is -2.38. The van der Waals surface area contributed by atoms with Gasteiger partial charge in [-0.25, -0.2) is 4.39 Å². The number of methoxy groups -OCH3 is 1. The number of nitrogens with one attached hydrogen (secondary N) is 2. The molecule has 0 bridgehead atoms. The molecule has 1 aliphatic rings. The van der Waals surface area contributed by atoms with Crippen LogP contribution in [0, 0.1) is 5.82 Å². The molecule has 3 aromatic carbocycles. The summed E-state index contributed by atoms with van der Waals surface area (Å²) in [4.78, 5) is 25.9. The Balaban J connectivity index is 1.50. The molecule has 7 heteroatoms. The molecule has 1 heterocycles. The predicted octanol–water partition coefficient (Wildman–Crippen LogP) is 4.56. The summed E-state index contributed by atoms with van der Waals surface area (Å²) in [5, 5.41) is 5.83. The second kappa shape index (κ2) is 10.5. The Morgan fingerprint density at radius 1 is 0.971 bits per heavy atom. The van der Waals surface area contributed by atoms with Crippen LogP contribution in [0.4, 0.5) is 10.1 Å². The third-order valence-electron chi connectivity index (χ3n) is 6.25. The minimum atomic E-state index is -0.419. The van der Waals surface area contributed by atoms with Crippen LogP contribution in [0.3, 0.4) is 0 Å². The van der Waals surface area contributed by atoms with Crippen LogP contribution in [-0.4, -0.2) is 38.7 Å². The fourth-order valence-electron chi connectivity index (χ4n) is 4.22. The maximum Gasteiger partial charge on any atom is 0.255 e. The second-order valence-electron chi connectivity index (χ2n) is 8.31. The molecule has 3 aromatic rings. The van der Waals surface area contributed by atoms with E-state index in [1.54, 1.807) is 61.7 Å². The number of hydrogen-bond acceptors (Lipinski definition) is 4. The van der Waals surface area contributed by atoms with Crippen molar-refractivity contribution in [3.8, 4) is 5.75 Å². The molecule has 0 aromatic heterocycles. The molecule has 2 amide bonds. The van der Waals surface area contributed by atoms with Crippen LogP contribution in [-0.2, 0) is 10.2 Å². The van der Waals surface area contributed by atoms with Gasteiger partial charge in [0.05, 0.1) is 18.4 Å². The van der Waals surface area contributed by atoms with Crippen LogP contribution in [0.5, 0.6) is 5.75 Å². The number of para-hydroxylation sites is 1. The van der Waals surface area contributed by atoms with Gasteiger partial charge >= 0.3 is 0 Å². The summed E-state index contributed by atoms with van der Waals surface area (Å²) in [7, 11) is 1.56. The minimum Gasteiger partial charge on any atom is -0.497 e. The van der Waals surface area contributed by atoms with Crippen LogP contribution < -0.4 is 15.4 Å². The molecule has 0 aliphatic carbocycles. The van der Waals surface area contributed by atoms with Gasteiger partial charge in [-0.1, -0.05) is 24.3 Å². The van der Waals surface area contributed by atoms with Crippen molar-refractivity contribution >= 4 is 17.5 Å². The van der Waals surface area contributed by atoms with E-state index in [0.29, 0.717) is 55.2 Å². The fraction of sp³-hybridized carbons (Fsp3) is 0.259. The van der Waals surface area contributed by atoms with Gasteiger partial charge in [-0.05, 0) is 66.9 Å². The van der Waals surface area contributed by atoms with Gasteiger partial charge in [-0.2, -0.15) is 0 Å². The quantitative estimate of drug-likeness (QED) is 0.540. The standard InChI is InChI=1S/C27H27FN2O4/c1-33-22-11-9-19(10-12-22)25(31)30-24-8-3-2-7-23(24)26(32)29-18-27(13-15-34-16-14-27)20-5-4-6-21(28)17-20/h2-12,17H,13-16,18H2,1H3,(H,29,32)(H,30,31). The first-order chi connectivity index (χ1) is 16.5. The highest BCUT2D eigenvalue weighted by molar-refractivity contribution is 6.09. The SMILES string of the molecule is COc1ccc(C(=O)Nc2ccccc2C(=O)NCC2(c3cccc(F)c3)CCOCC2)cc1. The Labute approximate surface area is 198 Å². The van der Waals surface area contributed by atoms with Crippen LogP contribution >= 0.6 is 0 Å². The van der Waals surface area contributed by atoms with E-state index in [-0.39, 0.29) is 17.6 Å². The number of anilines is 1. The van der Waals surface area contributed by atoms with Crippen molar-refractivity contribution in [1.29, 1.82) is 0 Å². The zero-order valence-corrected chi connectivity index (χ0v) is 19.0. The van der Waals surface area contributed by atoms with E-state index >= 15 is 0 Å². The average Bonchev–Trinajstić information content (AvgIpc) is 2.88. The van der Waals surface area contributed by atoms with E-state index in [4.69, 9.17) is 9.47 Å². The number of ether oxygens (including phenoxy) is 2. The Morgan fingerprint density at radius 3 is 2.41 bits per heavy atom. The lowest BCUT2D eigenvalue weighted by Crippen LogP contribution is -2.44. The summed E-state index contributed by atoms with van der Waals surface area (Å²) in [5.74, 6) is -0.297. The molecular weight excluding hydrogens is 435 g/mol. The van der Waals surface area contributed by atoms with Gasteiger partial charge in [0.1, 0.15) is 11.6 Å². The van der Waals surface area contributed by atoms with Gasteiger partial charge < -0.3 is 20.1 Å². The van der Waals surface area contributed by atoms with Crippen LogP contribution in [0.25, 0.3) is 0 Å². The maximum atomic E-state index is 13.9. The van der Waals surface area contributed by atoms with Crippen molar-refractivity contribution < 1.29 is 23.5 Å². The molecule has 176 valence electrons. The lowest BCUT2D eigenvalue weighted by molar-refractivity contribution is 0.0486. The number of amides is 2. The van der Waals surface area contributed by atoms with Crippen molar-refractivity contribution in [2.24, 2.45) is 0 Å². The molecule has 2 N–H and O–H groups in total. The topological polar surface area (TPSA) is 76.7 Å². The minimum absolute atomic E-state index is 0.304. The summed E-state index contributed by atoms with van der Waals surface area (Å²) in [6.07, 6.45) is 1.35. The summed E-state index contributed by atoms with van der Waals surface area (Å²) in [6, 6.07) is 20.1. The fourth-order valence-corrected chi connectivity index (χ4v) is 4.22. The third-order valence-corrected chi connectivity index (χ3v) is 6.25. The monoisotopic (exact) mass is 462 g/mol. The summed E-state index contributed by atoms with van der Waals surface area (Å²) in [6.45, 7) is 1.42. The van der Waals surface area contributed by atoms with Gasteiger partial charge in [0.15, 0.2) is 0 Å². The summed E-state index contributed by atoms with van der Waals surface area (Å²) < 4.78 is 24.6. The number of carbonyl (C=O) groups excluding carboxylic acids is 2. The van der Waals surface area contributed by atoms with Crippen molar-refractivity contribution in [1.82, 2.24) is 5.32 Å². The van der Waals surface area contributed by atoms with E-state index in [2.05, 4.69) is 10.6 Å². The van der Waals surface area contributed by atoms with Crippen molar-refractivity contribution in [3.63, 3.8) is 0 Å². The molecule has 1 saturated heterocycles. The Morgan fingerprint density at radius 2 is 1.71 bits per heavy atom. The molecule has 34 heavy (non-hydrogen) atoms. The van der Waals surface area contributed by atoms with Gasteiger partial charge in [0.25, 0.3) is 11.8 Å². The molecule has 0 saturated carbocycles. The zero-order valence-electron chi connectivity index (χ0n) is 19.0. The van der Waals surface area contributed by atoms with E-state index in [9.17, 15) is 14.0 Å². The predicted molar refractivity (Wildman–Crippen MR) is 128 cm³/mol. The number of hydrogen-bond donors (Lipinski definition) is 2. The maximum absolute atomic E-state index is 13.9. The van der Waals surface area contributed by atoms with Crippen LogP contribution in [0.15, 0.2) is 72.8 Å². The van der Waals surface area contributed by atoms with Gasteiger partial charge in [0.2, 0.25) is 0 Å². The third kappa shape index (κ3) is 5.26. The Bertz CT molecular complexity index is 1160. The van der Waals surface area contributed by atoms with Crippen LogP contribution in [0.2, 0.25) is 0 Å². The number of halogens is 1. The summed E-state index contributed by atoms with van der Waals surface area (Å²) >= 11 is 0. The van der Waals surface area contributed by atoms with E-state index in [1.165, 1.54) is 12.1 Å². The van der Waals surface area contributed by atoms with Crippen molar-refractivity contribution in [2.75, 3.05) is 32.2 Å². The molecule has 4 rings (SSSR count). The van der Waals surface area contributed by atoms with Gasteiger partial charge in [-0.15, -0.1) is 0 Å². The van der Waals surface area contributed by atoms with Crippen molar-refractivity contribution in [2.45, 2.75) is 18.3 Å². The van der Waals surface area contributed by atoms with Crippen LogP contribution in [0.1, 0.15) is 39.1 Å². The smallest absolute Gasteiger partial charge is 0.255 e. The lowest BCUT2D eigenvalue weighted by atomic mass is 9.74. The molecule has 0 radical (unpaired) electrons. The van der Waals surface area contributed by atoms with E-state index < -0.39 is 5.41 Å². The normalized spacial score (nSPS) is 14.8. The molecular formula is C27H27FN2O4. The average molecular weight is 463 g/mol. The first kappa shape index (κ1) is 23.4. The van der Waals surface area contributed by atoms with Gasteiger partial charge in [-0.3, -0.25) is 9.59 Å². The van der Waals surface area contributed by atoms with E-state index in [0.717, 1.165) is 5.56 Å². The zero-order chi connectivity index (χ0) is 24.0. The first-order valence-corrected chi connectivity index (χ1v) is 11.2.